The summed E-state index contributed by atoms with van der Waals surface area (Å²) in [7, 11) is 0. The summed E-state index contributed by atoms with van der Waals surface area (Å²) in [5, 5.41) is 0. The van der Waals surface area contributed by atoms with Crippen LogP contribution in [0.15, 0.2) is 36.7 Å². The molecule has 0 fully saturated rings. The first kappa shape index (κ1) is 16.2. The summed E-state index contributed by atoms with van der Waals surface area (Å²) < 4.78 is 4.89. The number of rotatable bonds is 2. The van der Waals surface area contributed by atoms with Crippen molar-refractivity contribution in [2.45, 2.75) is 41.5 Å². The second kappa shape index (κ2) is 6.09. The van der Waals surface area contributed by atoms with Crippen molar-refractivity contribution >= 4 is 27.6 Å². The topological polar surface area (TPSA) is 6.48 Å². The summed E-state index contributed by atoms with van der Waals surface area (Å²) in [6.45, 7) is 13.2. The zero-order valence-corrected chi connectivity index (χ0v) is 16.7. The van der Waals surface area contributed by atoms with Crippen molar-refractivity contribution in [2.75, 3.05) is 7.63 Å². The van der Waals surface area contributed by atoms with Crippen LogP contribution in [0.1, 0.15) is 33.4 Å². The Labute approximate surface area is 147 Å². The average Bonchev–Trinajstić information content (AvgIpc) is 2.85. The van der Waals surface area contributed by atoms with E-state index in [4.69, 9.17) is 0 Å². The molecule has 1 aliphatic heterocycles. The Kier molecular flexibility index (Phi) is 4.29. The molecule has 0 amide bonds. The molecule has 2 aromatic carbocycles. The molecule has 0 aromatic heterocycles. The van der Waals surface area contributed by atoms with Gasteiger partial charge in [0.15, 0.2) is 0 Å². The minimum atomic E-state index is -0.109. The van der Waals surface area contributed by atoms with E-state index in [-0.39, 0.29) is 16.2 Å². The van der Waals surface area contributed by atoms with Gasteiger partial charge in [-0.25, -0.2) is 0 Å². The molecule has 2 nitrogen and oxygen atoms in total. The molecule has 23 heavy (non-hydrogen) atoms. The fourth-order valence-electron chi connectivity index (χ4n) is 3.60. The molecule has 2 radical (unpaired) electrons. The SMILES string of the molecule is Cc1cc(C)c(N2C=CN(c3c(C)cc(C)cc3C)[As+]2)c(C)c1. The van der Waals surface area contributed by atoms with Crippen molar-refractivity contribution in [1.82, 2.24) is 0 Å². The Hall–Kier alpha value is -1.66. The number of hydrogen-bond donors (Lipinski definition) is 0. The molecular formula is C20H24AsN2+. The third-order valence-corrected chi connectivity index (χ3v) is 6.48. The Bertz CT molecular complexity index is 681. The fraction of sp³-hybridized carbons (Fsp3) is 0.300. The standard InChI is InChI=1S/C20H24AsN2/c1-13-9-15(3)19(16(4)10-13)22-7-8-23(21-22)20-17(5)11-14(2)12-18(20)6/h7-12H,1-6H3/q+1. The zero-order valence-electron chi connectivity index (χ0n) is 14.8. The van der Waals surface area contributed by atoms with Gasteiger partial charge in [-0.2, -0.15) is 0 Å². The number of aryl methyl sites for hydroxylation is 6. The van der Waals surface area contributed by atoms with Crippen molar-refractivity contribution in [3.63, 3.8) is 0 Å². The van der Waals surface area contributed by atoms with E-state index < -0.39 is 0 Å². The van der Waals surface area contributed by atoms with Gasteiger partial charge in [-0.15, -0.1) is 0 Å². The number of benzene rings is 2. The molecule has 0 unspecified atom stereocenters. The van der Waals surface area contributed by atoms with E-state index in [2.05, 4.69) is 85.8 Å². The van der Waals surface area contributed by atoms with Crippen molar-refractivity contribution in [1.29, 1.82) is 0 Å². The van der Waals surface area contributed by atoms with Crippen LogP contribution in [0.25, 0.3) is 0 Å². The first-order valence-corrected chi connectivity index (χ1v) is 9.68. The monoisotopic (exact) mass is 367 g/mol. The fourth-order valence-corrected chi connectivity index (χ4v) is 6.23. The van der Waals surface area contributed by atoms with Crippen LogP contribution in [0, 0.1) is 41.5 Å². The Morgan fingerprint density at radius 2 is 0.870 bits per heavy atom. The van der Waals surface area contributed by atoms with Crippen LogP contribution < -0.4 is 7.63 Å². The molecule has 118 valence electrons. The first-order chi connectivity index (χ1) is 10.9. The third-order valence-electron chi connectivity index (χ3n) is 4.27. The zero-order chi connectivity index (χ0) is 16.7. The van der Waals surface area contributed by atoms with Gasteiger partial charge in [-0.3, -0.25) is 0 Å². The van der Waals surface area contributed by atoms with E-state index in [1.807, 2.05) is 0 Å². The molecule has 0 N–H and O–H groups in total. The van der Waals surface area contributed by atoms with Crippen molar-refractivity contribution in [3.05, 3.63) is 70.0 Å². The van der Waals surface area contributed by atoms with Crippen LogP contribution in [0.5, 0.6) is 0 Å². The van der Waals surface area contributed by atoms with E-state index >= 15 is 0 Å². The summed E-state index contributed by atoms with van der Waals surface area (Å²) in [5.41, 5.74) is 10.9. The first-order valence-electron chi connectivity index (χ1n) is 8.01. The number of anilines is 2. The van der Waals surface area contributed by atoms with Gasteiger partial charge in [0.25, 0.3) is 0 Å². The molecule has 0 saturated heterocycles. The van der Waals surface area contributed by atoms with E-state index in [0.29, 0.717) is 0 Å². The molecule has 2 aromatic rings. The van der Waals surface area contributed by atoms with Gasteiger partial charge in [0.1, 0.15) is 0 Å². The van der Waals surface area contributed by atoms with Gasteiger partial charge in [-0.1, -0.05) is 0 Å². The van der Waals surface area contributed by atoms with Gasteiger partial charge in [0, 0.05) is 0 Å². The predicted molar refractivity (Wildman–Crippen MR) is 101 cm³/mol. The van der Waals surface area contributed by atoms with E-state index in [1.165, 1.54) is 44.8 Å². The van der Waals surface area contributed by atoms with Gasteiger partial charge < -0.3 is 0 Å². The summed E-state index contributed by atoms with van der Waals surface area (Å²) >= 11 is -0.109. The third kappa shape index (κ3) is 3.05. The molecule has 0 bridgehead atoms. The molecular weight excluding hydrogens is 343 g/mol. The van der Waals surface area contributed by atoms with Crippen LogP contribution >= 0.6 is 0 Å². The second-order valence-corrected chi connectivity index (χ2v) is 8.75. The molecule has 0 atom stereocenters. The van der Waals surface area contributed by atoms with Crippen LogP contribution in [0.3, 0.4) is 0 Å². The molecule has 3 heteroatoms. The van der Waals surface area contributed by atoms with Crippen LogP contribution in [-0.4, -0.2) is 16.2 Å². The summed E-state index contributed by atoms with van der Waals surface area (Å²) in [4.78, 5) is 0. The number of hydrogen-bond acceptors (Lipinski definition) is 2. The summed E-state index contributed by atoms with van der Waals surface area (Å²) in [6, 6.07) is 9.12. The summed E-state index contributed by atoms with van der Waals surface area (Å²) in [5.74, 6) is 0. The van der Waals surface area contributed by atoms with Crippen LogP contribution in [0.4, 0.5) is 11.4 Å². The molecule has 0 spiro atoms. The average molecular weight is 367 g/mol. The van der Waals surface area contributed by atoms with Crippen molar-refractivity contribution in [2.24, 2.45) is 0 Å². The maximum atomic E-state index is 2.44. The Morgan fingerprint density at radius 1 is 0.565 bits per heavy atom. The molecule has 1 aliphatic rings. The van der Waals surface area contributed by atoms with E-state index in [1.54, 1.807) is 0 Å². The molecule has 0 saturated carbocycles. The number of nitrogens with zero attached hydrogens (tertiary/aromatic N) is 2. The summed E-state index contributed by atoms with van der Waals surface area (Å²) in [6.07, 6.45) is 4.48. The molecule has 3 rings (SSSR count). The minimum absolute atomic E-state index is 0.109. The van der Waals surface area contributed by atoms with Gasteiger partial charge in [0.05, 0.1) is 0 Å². The molecule has 0 aliphatic carbocycles. The van der Waals surface area contributed by atoms with E-state index in [0.717, 1.165) is 0 Å². The van der Waals surface area contributed by atoms with E-state index in [9.17, 15) is 0 Å². The quantitative estimate of drug-likeness (QED) is 0.699. The predicted octanol–water partition coefficient (Wildman–Crippen LogP) is 4.87. The van der Waals surface area contributed by atoms with Crippen molar-refractivity contribution in [3.8, 4) is 0 Å². The van der Waals surface area contributed by atoms with Crippen LogP contribution in [-0.2, 0) is 0 Å². The van der Waals surface area contributed by atoms with Gasteiger partial charge >= 0.3 is 147 Å². The van der Waals surface area contributed by atoms with Gasteiger partial charge in [-0.05, 0) is 0 Å². The van der Waals surface area contributed by atoms with Crippen molar-refractivity contribution < 1.29 is 0 Å². The second-order valence-electron chi connectivity index (χ2n) is 6.57. The maximum absolute atomic E-state index is 2.44. The molecule has 1 heterocycles. The van der Waals surface area contributed by atoms with Crippen LogP contribution in [0.2, 0.25) is 0 Å². The Morgan fingerprint density at radius 3 is 1.17 bits per heavy atom. The normalized spacial score (nSPS) is 14.0. The van der Waals surface area contributed by atoms with Gasteiger partial charge in [0.2, 0.25) is 0 Å². The Balaban J connectivity index is 1.93.